The van der Waals surface area contributed by atoms with Crippen molar-refractivity contribution in [1.82, 2.24) is 24.6 Å². The molecule has 0 saturated carbocycles. The lowest BCUT2D eigenvalue weighted by Crippen LogP contribution is -2.56. The summed E-state index contributed by atoms with van der Waals surface area (Å²) in [6.07, 6.45) is 1.83. The van der Waals surface area contributed by atoms with E-state index >= 15 is 0 Å². The normalized spacial score (nSPS) is 18.8. The van der Waals surface area contributed by atoms with Gasteiger partial charge < -0.3 is 9.47 Å². The number of carbonyl (C=O) groups is 1. The number of benzene rings is 1. The highest BCUT2D eigenvalue weighted by atomic mass is 32.1. The molecule has 0 radical (unpaired) electrons. The van der Waals surface area contributed by atoms with Gasteiger partial charge in [0.2, 0.25) is 0 Å². The lowest BCUT2D eigenvalue weighted by molar-refractivity contribution is 0.0410. The van der Waals surface area contributed by atoms with Gasteiger partial charge in [-0.05, 0) is 50.4 Å². The Morgan fingerprint density at radius 3 is 2.69 bits per heavy atom. The largest absolute Gasteiger partial charge is 0.338 e. The smallest absolute Gasteiger partial charge is 0.253 e. The van der Waals surface area contributed by atoms with E-state index in [9.17, 15) is 4.79 Å². The number of aryl methyl sites for hydroxylation is 1. The van der Waals surface area contributed by atoms with Gasteiger partial charge in [-0.25, -0.2) is 0 Å². The number of hydrogen-bond acceptors (Lipinski definition) is 5. The molecule has 0 atom stereocenters. The first-order chi connectivity index (χ1) is 14.1. The average molecular weight is 408 g/mol. The SMILES string of the molecule is Cc1cccc(C(=O)N2CCC3(CC2)CN(C)Cc2nnc(-c4cccs4)n23)c1. The minimum absolute atomic E-state index is 0.0610. The van der Waals surface area contributed by atoms with Crippen molar-refractivity contribution < 1.29 is 4.79 Å². The number of carbonyl (C=O) groups excluding carboxylic acids is 1. The topological polar surface area (TPSA) is 54.3 Å². The number of nitrogens with zero attached hydrogens (tertiary/aromatic N) is 5. The molecule has 2 aliphatic rings. The number of fused-ring (bicyclic) bond motifs is 2. The Morgan fingerprint density at radius 2 is 1.97 bits per heavy atom. The molecule has 1 aromatic carbocycles. The van der Waals surface area contributed by atoms with Crippen LogP contribution >= 0.6 is 11.3 Å². The molecule has 2 aromatic heterocycles. The van der Waals surface area contributed by atoms with Crippen molar-refractivity contribution in [3.8, 4) is 10.7 Å². The standard InChI is InChI=1S/C22H25N5OS/c1-16-5-3-6-17(13-16)21(28)26-10-8-22(9-11-26)15-25(2)14-19-23-24-20(27(19)22)18-7-4-12-29-18/h3-7,12-13H,8-11,14-15H2,1-2H3. The van der Waals surface area contributed by atoms with Crippen LogP contribution in [0.25, 0.3) is 10.7 Å². The second kappa shape index (κ2) is 7.07. The molecule has 29 heavy (non-hydrogen) atoms. The zero-order valence-corrected chi connectivity index (χ0v) is 17.7. The van der Waals surface area contributed by atoms with E-state index in [4.69, 9.17) is 0 Å². The number of aromatic nitrogens is 3. The van der Waals surface area contributed by atoms with Crippen LogP contribution in [0.2, 0.25) is 0 Å². The van der Waals surface area contributed by atoms with Gasteiger partial charge in [0, 0.05) is 25.2 Å². The van der Waals surface area contributed by atoms with Gasteiger partial charge in [-0.3, -0.25) is 9.69 Å². The molecule has 5 rings (SSSR count). The number of amides is 1. The summed E-state index contributed by atoms with van der Waals surface area (Å²) in [5.41, 5.74) is 1.84. The highest BCUT2D eigenvalue weighted by Gasteiger charge is 2.44. The number of thiophene rings is 1. The third-order valence-electron chi connectivity index (χ3n) is 6.17. The number of piperidine rings is 1. The van der Waals surface area contributed by atoms with Crippen LogP contribution in [0.1, 0.15) is 34.6 Å². The molecule has 0 bridgehead atoms. The molecule has 7 heteroatoms. The molecule has 4 heterocycles. The summed E-state index contributed by atoms with van der Waals surface area (Å²) in [6.45, 7) is 5.30. The van der Waals surface area contributed by atoms with Crippen LogP contribution < -0.4 is 0 Å². The van der Waals surface area contributed by atoms with Crippen LogP contribution in [0.4, 0.5) is 0 Å². The van der Waals surface area contributed by atoms with Crippen molar-refractivity contribution in [2.45, 2.75) is 31.8 Å². The van der Waals surface area contributed by atoms with Crippen molar-refractivity contribution in [2.24, 2.45) is 0 Å². The van der Waals surface area contributed by atoms with E-state index in [2.05, 4.69) is 44.2 Å². The molecular weight excluding hydrogens is 382 g/mol. The van der Waals surface area contributed by atoms with Gasteiger partial charge in [0.05, 0.1) is 17.0 Å². The van der Waals surface area contributed by atoms with E-state index in [1.807, 2.05) is 36.1 Å². The van der Waals surface area contributed by atoms with Gasteiger partial charge in [0.15, 0.2) is 5.82 Å². The van der Waals surface area contributed by atoms with E-state index in [-0.39, 0.29) is 11.4 Å². The Kier molecular flexibility index (Phi) is 4.52. The quantitative estimate of drug-likeness (QED) is 0.653. The first-order valence-corrected chi connectivity index (χ1v) is 11.0. The van der Waals surface area contributed by atoms with Crippen molar-refractivity contribution in [3.63, 3.8) is 0 Å². The Bertz CT molecular complexity index is 1030. The van der Waals surface area contributed by atoms with Gasteiger partial charge >= 0.3 is 0 Å². The van der Waals surface area contributed by atoms with E-state index in [0.29, 0.717) is 0 Å². The zero-order valence-electron chi connectivity index (χ0n) is 16.8. The first-order valence-electron chi connectivity index (χ1n) is 10.1. The molecule has 3 aromatic rings. The fraction of sp³-hybridized carbons (Fsp3) is 0.409. The predicted molar refractivity (Wildman–Crippen MR) is 114 cm³/mol. The van der Waals surface area contributed by atoms with Gasteiger partial charge in [-0.2, -0.15) is 0 Å². The summed E-state index contributed by atoms with van der Waals surface area (Å²) in [7, 11) is 2.15. The molecular formula is C22H25N5OS. The molecule has 150 valence electrons. The maximum Gasteiger partial charge on any atom is 0.253 e. The lowest BCUT2D eigenvalue weighted by Gasteiger charge is -2.48. The van der Waals surface area contributed by atoms with E-state index in [1.165, 1.54) is 0 Å². The summed E-state index contributed by atoms with van der Waals surface area (Å²) in [5, 5.41) is 11.2. The van der Waals surface area contributed by atoms with Crippen molar-refractivity contribution in [2.75, 3.05) is 26.7 Å². The molecule has 1 amide bonds. The van der Waals surface area contributed by atoms with Crippen LogP contribution in [0.3, 0.4) is 0 Å². The Labute approximate surface area is 174 Å². The van der Waals surface area contributed by atoms with Gasteiger partial charge in [-0.1, -0.05) is 23.8 Å². The predicted octanol–water partition coefficient (Wildman–Crippen LogP) is 3.39. The van der Waals surface area contributed by atoms with Crippen molar-refractivity contribution in [3.05, 3.63) is 58.7 Å². The van der Waals surface area contributed by atoms with Crippen molar-refractivity contribution in [1.29, 1.82) is 0 Å². The summed E-state index contributed by atoms with van der Waals surface area (Å²) in [5.74, 6) is 2.14. The molecule has 1 fully saturated rings. The van der Waals surface area contributed by atoms with Crippen molar-refractivity contribution >= 4 is 17.2 Å². The maximum atomic E-state index is 13.0. The van der Waals surface area contributed by atoms with E-state index in [0.717, 1.165) is 66.7 Å². The number of likely N-dealkylation sites (tertiary alicyclic amines) is 1. The number of likely N-dealkylation sites (N-methyl/N-ethyl adjacent to an activating group) is 1. The number of hydrogen-bond donors (Lipinski definition) is 0. The second-order valence-corrected chi connectivity index (χ2v) is 9.26. The summed E-state index contributed by atoms with van der Waals surface area (Å²) >= 11 is 1.70. The molecule has 0 aliphatic carbocycles. The molecule has 0 N–H and O–H groups in total. The Morgan fingerprint density at radius 1 is 1.14 bits per heavy atom. The summed E-state index contributed by atoms with van der Waals surface area (Å²) < 4.78 is 2.38. The van der Waals surface area contributed by atoms with Gasteiger partial charge in [0.1, 0.15) is 5.82 Å². The third kappa shape index (κ3) is 3.18. The summed E-state index contributed by atoms with van der Waals surface area (Å²) in [4.78, 5) is 18.5. The fourth-order valence-corrected chi connectivity index (χ4v) is 5.52. The highest BCUT2D eigenvalue weighted by Crippen LogP contribution is 2.39. The monoisotopic (exact) mass is 407 g/mol. The molecule has 1 spiro atoms. The van der Waals surface area contributed by atoms with Crippen LogP contribution in [-0.2, 0) is 12.1 Å². The first kappa shape index (κ1) is 18.5. The molecule has 6 nitrogen and oxygen atoms in total. The molecule has 2 aliphatic heterocycles. The minimum Gasteiger partial charge on any atom is -0.338 e. The molecule has 0 unspecified atom stereocenters. The highest BCUT2D eigenvalue weighted by molar-refractivity contribution is 7.13. The second-order valence-electron chi connectivity index (χ2n) is 8.31. The maximum absolute atomic E-state index is 13.0. The Hall–Kier alpha value is -2.51. The van der Waals surface area contributed by atoms with Gasteiger partial charge in [0.25, 0.3) is 5.91 Å². The van der Waals surface area contributed by atoms with Gasteiger partial charge in [-0.15, -0.1) is 21.5 Å². The minimum atomic E-state index is -0.0610. The van der Waals surface area contributed by atoms with Crippen LogP contribution in [0, 0.1) is 6.92 Å². The zero-order chi connectivity index (χ0) is 20.0. The number of rotatable bonds is 2. The molecule has 1 saturated heterocycles. The van der Waals surface area contributed by atoms with Crippen LogP contribution in [0.5, 0.6) is 0 Å². The third-order valence-corrected chi connectivity index (χ3v) is 7.03. The van der Waals surface area contributed by atoms with Crippen LogP contribution in [-0.4, -0.2) is 57.2 Å². The van der Waals surface area contributed by atoms with E-state index < -0.39 is 0 Å². The fourth-order valence-electron chi connectivity index (χ4n) is 4.82. The van der Waals surface area contributed by atoms with E-state index in [1.54, 1.807) is 11.3 Å². The summed E-state index contributed by atoms with van der Waals surface area (Å²) in [6, 6.07) is 12.1. The lowest BCUT2D eigenvalue weighted by atomic mass is 9.84. The van der Waals surface area contributed by atoms with Crippen LogP contribution in [0.15, 0.2) is 41.8 Å². The Balaban J connectivity index is 1.44. The average Bonchev–Trinajstić information content (AvgIpc) is 3.38.